The molecule has 0 spiro atoms. The molecule has 0 aromatic heterocycles. The maximum atomic E-state index is 11.8. The molecule has 0 radical (unpaired) electrons. The lowest BCUT2D eigenvalue weighted by Crippen LogP contribution is -2.36. The van der Waals surface area contributed by atoms with E-state index in [1.165, 1.54) is 7.11 Å². The predicted molar refractivity (Wildman–Crippen MR) is 57.1 cm³/mol. The van der Waals surface area contributed by atoms with E-state index in [0.717, 1.165) is 13.0 Å². The van der Waals surface area contributed by atoms with Gasteiger partial charge in [0.1, 0.15) is 0 Å². The maximum absolute atomic E-state index is 11.8. The van der Waals surface area contributed by atoms with Crippen LogP contribution in [0.15, 0.2) is 0 Å². The van der Waals surface area contributed by atoms with Crippen LogP contribution >= 0.6 is 0 Å². The molecule has 2 fully saturated rings. The largest absolute Gasteiger partial charge is 0.384 e. The molecule has 2 aliphatic rings. The standard InChI is InChI=1S/C9H18N2O3S/c1-14-4-5-15(12,13)11-6-8-2-3-10-9(8)7-11/h8-10H,2-7H2,1H3/t8-,9+/m0/s1. The first-order chi connectivity index (χ1) is 7.13. The van der Waals surface area contributed by atoms with Crippen LogP contribution in [-0.2, 0) is 14.8 Å². The van der Waals surface area contributed by atoms with Gasteiger partial charge in [-0.15, -0.1) is 0 Å². The first-order valence-corrected chi connectivity index (χ1v) is 6.94. The van der Waals surface area contributed by atoms with Crippen LogP contribution in [0.25, 0.3) is 0 Å². The monoisotopic (exact) mass is 234 g/mol. The van der Waals surface area contributed by atoms with E-state index in [1.807, 2.05) is 0 Å². The van der Waals surface area contributed by atoms with Crippen LogP contribution in [0, 0.1) is 5.92 Å². The number of sulfonamides is 1. The van der Waals surface area contributed by atoms with Gasteiger partial charge in [-0.2, -0.15) is 4.31 Å². The van der Waals surface area contributed by atoms with Gasteiger partial charge in [0.2, 0.25) is 10.0 Å². The van der Waals surface area contributed by atoms with Crippen molar-refractivity contribution in [3.8, 4) is 0 Å². The van der Waals surface area contributed by atoms with Crippen molar-refractivity contribution in [3.05, 3.63) is 0 Å². The van der Waals surface area contributed by atoms with Gasteiger partial charge < -0.3 is 10.1 Å². The molecule has 15 heavy (non-hydrogen) atoms. The maximum Gasteiger partial charge on any atom is 0.216 e. The van der Waals surface area contributed by atoms with Crippen LogP contribution < -0.4 is 5.32 Å². The van der Waals surface area contributed by atoms with Gasteiger partial charge in [0.15, 0.2) is 0 Å². The van der Waals surface area contributed by atoms with E-state index in [1.54, 1.807) is 4.31 Å². The Labute approximate surface area is 90.8 Å². The van der Waals surface area contributed by atoms with Gasteiger partial charge in [-0.3, -0.25) is 0 Å². The van der Waals surface area contributed by atoms with Gasteiger partial charge in [0.05, 0.1) is 12.4 Å². The van der Waals surface area contributed by atoms with E-state index in [2.05, 4.69) is 5.32 Å². The fourth-order valence-corrected chi connectivity index (χ4v) is 3.80. The Morgan fingerprint density at radius 2 is 2.27 bits per heavy atom. The third-order valence-electron chi connectivity index (χ3n) is 3.27. The van der Waals surface area contributed by atoms with Crippen LogP contribution in [-0.4, -0.2) is 57.9 Å². The van der Waals surface area contributed by atoms with Crippen molar-refractivity contribution >= 4 is 10.0 Å². The summed E-state index contributed by atoms with van der Waals surface area (Å²) < 4.78 is 30.1. The van der Waals surface area contributed by atoms with E-state index in [4.69, 9.17) is 4.74 Å². The zero-order valence-electron chi connectivity index (χ0n) is 8.98. The average molecular weight is 234 g/mol. The second kappa shape index (κ2) is 4.37. The Balaban J connectivity index is 1.95. The molecule has 2 aliphatic heterocycles. The third-order valence-corrected chi connectivity index (χ3v) is 5.04. The minimum absolute atomic E-state index is 0.100. The minimum Gasteiger partial charge on any atom is -0.384 e. The van der Waals surface area contributed by atoms with Crippen molar-refractivity contribution in [1.29, 1.82) is 0 Å². The number of fused-ring (bicyclic) bond motifs is 1. The number of methoxy groups -OCH3 is 1. The molecule has 0 aromatic carbocycles. The number of rotatable bonds is 4. The van der Waals surface area contributed by atoms with Gasteiger partial charge in [-0.05, 0) is 18.9 Å². The van der Waals surface area contributed by atoms with Gasteiger partial charge in [-0.1, -0.05) is 0 Å². The van der Waals surface area contributed by atoms with Crippen molar-refractivity contribution in [3.63, 3.8) is 0 Å². The number of nitrogens with one attached hydrogen (secondary N) is 1. The van der Waals surface area contributed by atoms with Gasteiger partial charge >= 0.3 is 0 Å². The second-order valence-corrected chi connectivity index (χ2v) is 6.32. The summed E-state index contributed by atoms with van der Waals surface area (Å²) in [5.74, 6) is 0.616. The third kappa shape index (κ3) is 2.33. The fourth-order valence-electron chi connectivity index (χ4n) is 2.35. The molecule has 0 unspecified atom stereocenters. The molecule has 2 rings (SSSR count). The molecule has 0 bridgehead atoms. The van der Waals surface area contributed by atoms with Gasteiger partial charge in [-0.25, -0.2) is 8.42 Å². The molecule has 2 atom stereocenters. The van der Waals surface area contributed by atoms with Crippen LogP contribution in [0.2, 0.25) is 0 Å². The zero-order valence-corrected chi connectivity index (χ0v) is 9.79. The summed E-state index contributed by atoms with van der Waals surface area (Å²) in [6.07, 6.45) is 1.10. The average Bonchev–Trinajstić information content (AvgIpc) is 2.73. The predicted octanol–water partition coefficient (Wildman–Crippen LogP) is -0.744. The number of nitrogens with zero attached hydrogens (tertiary/aromatic N) is 1. The lowest BCUT2D eigenvalue weighted by Gasteiger charge is -2.16. The lowest BCUT2D eigenvalue weighted by atomic mass is 10.1. The Morgan fingerprint density at radius 1 is 1.47 bits per heavy atom. The Kier molecular flexibility index (Phi) is 3.30. The molecule has 0 aliphatic carbocycles. The first kappa shape index (κ1) is 11.3. The van der Waals surface area contributed by atoms with Crippen LogP contribution in [0.5, 0.6) is 0 Å². The molecule has 88 valence electrons. The van der Waals surface area contributed by atoms with E-state index in [9.17, 15) is 8.42 Å². The van der Waals surface area contributed by atoms with E-state index >= 15 is 0 Å². The van der Waals surface area contributed by atoms with Crippen LogP contribution in [0.4, 0.5) is 0 Å². The van der Waals surface area contributed by atoms with E-state index in [0.29, 0.717) is 25.0 Å². The number of hydrogen-bond acceptors (Lipinski definition) is 4. The van der Waals surface area contributed by atoms with Crippen molar-refractivity contribution < 1.29 is 13.2 Å². The van der Waals surface area contributed by atoms with Crippen molar-refractivity contribution in [2.45, 2.75) is 12.5 Å². The number of ether oxygens (including phenoxy) is 1. The lowest BCUT2D eigenvalue weighted by molar-refractivity contribution is 0.215. The van der Waals surface area contributed by atoms with E-state index in [-0.39, 0.29) is 12.4 Å². The molecule has 0 aromatic rings. The summed E-state index contributed by atoms with van der Waals surface area (Å²) in [6, 6.07) is 0.377. The normalized spacial score (nSPS) is 32.1. The molecular weight excluding hydrogens is 216 g/mol. The fraction of sp³-hybridized carbons (Fsp3) is 1.00. The summed E-state index contributed by atoms with van der Waals surface area (Å²) in [4.78, 5) is 0. The number of hydrogen-bond donors (Lipinski definition) is 1. The first-order valence-electron chi connectivity index (χ1n) is 5.33. The van der Waals surface area contributed by atoms with Crippen LogP contribution in [0.3, 0.4) is 0 Å². The van der Waals surface area contributed by atoms with Crippen molar-refractivity contribution in [1.82, 2.24) is 9.62 Å². The molecule has 2 heterocycles. The topological polar surface area (TPSA) is 58.6 Å². The Bertz CT molecular complexity index is 305. The quantitative estimate of drug-likeness (QED) is 0.696. The summed E-state index contributed by atoms with van der Waals surface area (Å²) in [6.45, 7) is 2.63. The molecule has 2 saturated heterocycles. The molecule has 1 N–H and O–H groups in total. The Morgan fingerprint density at radius 3 is 2.93 bits per heavy atom. The molecule has 5 nitrogen and oxygen atoms in total. The Hall–Kier alpha value is -0.170. The highest BCUT2D eigenvalue weighted by atomic mass is 32.2. The van der Waals surface area contributed by atoms with E-state index < -0.39 is 10.0 Å². The van der Waals surface area contributed by atoms with Crippen molar-refractivity contribution in [2.24, 2.45) is 5.92 Å². The highest BCUT2D eigenvalue weighted by molar-refractivity contribution is 7.89. The smallest absolute Gasteiger partial charge is 0.216 e. The zero-order chi connectivity index (χ0) is 10.9. The highest BCUT2D eigenvalue weighted by Crippen LogP contribution is 2.26. The summed E-state index contributed by atoms with van der Waals surface area (Å²) in [5, 5.41) is 3.34. The van der Waals surface area contributed by atoms with Gasteiger partial charge in [0, 0.05) is 26.2 Å². The van der Waals surface area contributed by atoms with Crippen LogP contribution in [0.1, 0.15) is 6.42 Å². The highest BCUT2D eigenvalue weighted by Gasteiger charge is 2.40. The minimum atomic E-state index is -3.10. The summed E-state index contributed by atoms with van der Waals surface area (Å²) >= 11 is 0. The second-order valence-electron chi connectivity index (χ2n) is 4.24. The summed E-state index contributed by atoms with van der Waals surface area (Å²) in [5.41, 5.74) is 0. The molecule has 0 amide bonds. The van der Waals surface area contributed by atoms with Gasteiger partial charge in [0.25, 0.3) is 0 Å². The molecule has 6 heteroatoms. The van der Waals surface area contributed by atoms with Crippen molar-refractivity contribution in [2.75, 3.05) is 39.1 Å². The molecule has 0 saturated carbocycles. The molecular formula is C9H18N2O3S. The SMILES string of the molecule is COCCS(=O)(=O)N1C[C@@H]2CCN[C@@H]2C1. The summed E-state index contributed by atoms with van der Waals surface area (Å²) in [7, 11) is -1.57.